The highest BCUT2D eigenvalue weighted by molar-refractivity contribution is 5.93. The number of hydrogen-bond donors (Lipinski definition) is 2. The third-order valence-electron chi connectivity index (χ3n) is 4.77. The Morgan fingerprint density at radius 2 is 2.15 bits per heavy atom. The quantitative estimate of drug-likeness (QED) is 0.789. The van der Waals surface area contributed by atoms with Crippen LogP contribution in [0.4, 0.5) is 0 Å². The lowest BCUT2D eigenvalue weighted by Crippen LogP contribution is -2.26. The molecule has 1 saturated carbocycles. The molecule has 7 nitrogen and oxygen atoms in total. The molecular weight excluding hydrogens is 334 g/mol. The number of ether oxygens (including phenoxy) is 1. The number of amides is 1. The van der Waals surface area contributed by atoms with Crippen molar-refractivity contribution in [2.45, 2.75) is 51.6 Å². The predicted octanol–water partition coefficient (Wildman–Crippen LogP) is 2.73. The zero-order valence-electron chi connectivity index (χ0n) is 15.0. The van der Waals surface area contributed by atoms with Crippen molar-refractivity contribution < 1.29 is 19.2 Å². The molecule has 0 saturated heterocycles. The molecule has 1 aliphatic carbocycles. The molecule has 1 fully saturated rings. The van der Waals surface area contributed by atoms with Gasteiger partial charge in [0.2, 0.25) is 5.88 Å². The standard InChI is InChI=1S/C19H25N3O4/c1-13-16(18(22-26-13)14-5-3-2-4-6-14)12-25-17-8-7-15(11-21-17)19(24)20-9-10-23/h7-8,11,14,23H,2-6,9-10,12H2,1H3,(H,20,24). The Labute approximate surface area is 152 Å². The van der Waals surface area contributed by atoms with Crippen molar-refractivity contribution >= 4 is 5.91 Å². The predicted molar refractivity (Wildman–Crippen MR) is 95.1 cm³/mol. The van der Waals surface area contributed by atoms with Crippen molar-refractivity contribution in [3.63, 3.8) is 0 Å². The van der Waals surface area contributed by atoms with Crippen LogP contribution < -0.4 is 10.1 Å². The topological polar surface area (TPSA) is 97.5 Å². The number of pyridine rings is 1. The van der Waals surface area contributed by atoms with Crippen molar-refractivity contribution in [2.75, 3.05) is 13.2 Å². The van der Waals surface area contributed by atoms with Gasteiger partial charge in [-0.25, -0.2) is 4.98 Å². The molecule has 0 unspecified atom stereocenters. The van der Waals surface area contributed by atoms with Gasteiger partial charge in [0.25, 0.3) is 5.91 Å². The first-order valence-electron chi connectivity index (χ1n) is 9.12. The summed E-state index contributed by atoms with van der Waals surface area (Å²) in [6, 6.07) is 3.31. The van der Waals surface area contributed by atoms with E-state index in [0.29, 0.717) is 24.0 Å². The van der Waals surface area contributed by atoms with Crippen LogP contribution >= 0.6 is 0 Å². The van der Waals surface area contributed by atoms with Gasteiger partial charge in [0.05, 0.1) is 23.4 Å². The number of nitrogens with one attached hydrogen (secondary N) is 1. The number of rotatable bonds is 7. The van der Waals surface area contributed by atoms with Crippen LogP contribution in [-0.2, 0) is 6.61 Å². The second kappa shape index (κ2) is 8.80. The van der Waals surface area contributed by atoms with Gasteiger partial charge >= 0.3 is 0 Å². The average molecular weight is 359 g/mol. The second-order valence-corrected chi connectivity index (χ2v) is 6.59. The summed E-state index contributed by atoms with van der Waals surface area (Å²) in [6.07, 6.45) is 7.52. The third-order valence-corrected chi connectivity index (χ3v) is 4.77. The van der Waals surface area contributed by atoms with E-state index < -0.39 is 0 Å². The summed E-state index contributed by atoms with van der Waals surface area (Å²) in [5, 5.41) is 15.6. The van der Waals surface area contributed by atoms with Gasteiger partial charge in [0.1, 0.15) is 12.4 Å². The van der Waals surface area contributed by atoms with Gasteiger partial charge in [0.15, 0.2) is 0 Å². The van der Waals surface area contributed by atoms with Crippen molar-refractivity contribution in [1.82, 2.24) is 15.5 Å². The molecule has 26 heavy (non-hydrogen) atoms. The minimum atomic E-state index is -0.271. The molecule has 1 aliphatic rings. The van der Waals surface area contributed by atoms with Gasteiger partial charge in [-0.3, -0.25) is 4.79 Å². The number of aliphatic hydroxyl groups excluding tert-OH is 1. The molecule has 2 aromatic heterocycles. The summed E-state index contributed by atoms with van der Waals surface area (Å²) >= 11 is 0. The summed E-state index contributed by atoms with van der Waals surface area (Å²) < 4.78 is 11.2. The Kier molecular flexibility index (Phi) is 6.22. The molecule has 7 heteroatoms. The first-order chi connectivity index (χ1) is 12.7. The minimum absolute atomic E-state index is 0.0955. The lowest BCUT2D eigenvalue weighted by atomic mass is 9.85. The Morgan fingerprint density at radius 3 is 2.85 bits per heavy atom. The lowest BCUT2D eigenvalue weighted by Gasteiger charge is -2.20. The molecule has 0 bridgehead atoms. The smallest absolute Gasteiger partial charge is 0.252 e. The van der Waals surface area contributed by atoms with E-state index in [2.05, 4.69) is 15.5 Å². The Morgan fingerprint density at radius 1 is 1.35 bits per heavy atom. The van der Waals surface area contributed by atoms with Crippen LogP contribution in [-0.4, -0.2) is 34.3 Å². The molecule has 1 amide bonds. The molecule has 0 atom stereocenters. The van der Waals surface area contributed by atoms with Gasteiger partial charge in [0, 0.05) is 24.7 Å². The van der Waals surface area contributed by atoms with E-state index in [0.717, 1.165) is 29.9 Å². The molecule has 2 heterocycles. The van der Waals surface area contributed by atoms with Crippen molar-refractivity contribution in [3.05, 3.63) is 40.9 Å². The number of carbonyl (C=O) groups excluding carboxylic acids is 1. The summed E-state index contributed by atoms with van der Waals surface area (Å²) in [6.45, 7) is 2.37. The zero-order valence-corrected chi connectivity index (χ0v) is 15.0. The third kappa shape index (κ3) is 4.40. The van der Waals surface area contributed by atoms with E-state index in [-0.39, 0.29) is 19.1 Å². The van der Waals surface area contributed by atoms with Crippen LogP contribution in [0.2, 0.25) is 0 Å². The molecule has 0 aromatic carbocycles. The molecule has 2 N–H and O–H groups in total. The molecule has 0 spiro atoms. The molecule has 0 aliphatic heterocycles. The van der Waals surface area contributed by atoms with E-state index in [1.165, 1.54) is 25.5 Å². The number of aryl methyl sites for hydroxylation is 1. The normalized spacial score (nSPS) is 15.0. The zero-order chi connectivity index (χ0) is 18.4. The SMILES string of the molecule is Cc1onc(C2CCCCC2)c1COc1ccc(C(=O)NCCO)cn1. The minimum Gasteiger partial charge on any atom is -0.473 e. The van der Waals surface area contributed by atoms with Gasteiger partial charge in [-0.15, -0.1) is 0 Å². The number of hydrogen-bond acceptors (Lipinski definition) is 6. The summed E-state index contributed by atoms with van der Waals surface area (Å²) in [5.41, 5.74) is 2.44. The first-order valence-corrected chi connectivity index (χ1v) is 9.12. The molecule has 0 radical (unpaired) electrons. The van der Waals surface area contributed by atoms with Crippen molar-refractivity contribution in [1.29, 1.82) is 0 Å². The average Bonchev–Trinajstić information content (AvgIpc) is 3.06. The highest BCUT2D eigenvalue weighted by atomic mass is 16.5. The molecular formula is C19H25N3O4. The fourth-order valence-corrected chi connectivity index (χ4v) is 3.30. The van der Waals surface area contributed by atoms with E-state index in [4.69, 9.17) is 14.4 Å². The largest absolute Gasteiger partial charge is 0.473 e. The van der Waals surface area contributed by atoms with Crippen LogP contribution in [0, 0.1) is 6.92 Å². The fourth-order valence-electron chi connectivity index (χ4n) is 3.30. The summed E-state index contributed by atoms with van der Waals surface area (Å²) in [4.78, 5) is 16.0. The summed E-state index contributed by atoms with van der Waals surface area (Å²) in [7, 11) is 0. The monoisotopic (exact) mass is 359 g/mol. The lowest BCUT2D eigenvalue weighted by molar-refractivity contribution is 0.0944. The van der Waals surface area contributed by atoms with Crippen LogP contribution in [0.3, 0.4) is 0 Å². The van der Waals surface area contributed by atoms with Crippen molar-refractivity contribution in [2.24, 2.45) is 0 Å². The Hall–Kier alpha value is -2.41. The Bertz CT molecular complexity index is 721. The van der Waals surface area contributed by atoms with Crippen LogP contribution in [0.5, 0.6) is 5.88 Å². The number of carbonyl (C=O) groups is 1. The number of aromatic nitrogens is 2. The van der Waals surface area contributed by atoms with Crippen molar-refractivity contribution in [3.8, 4) is 5.88 Å². The van der Waals surface area contributed by atoms with E-state index in [9.17, 15) is 4.79 Å². The van der Waals surface area contributed by atoms with Gasteiger partial charge in [-0.05, 0) is 25.8 Å². The Balaban J connectivity index is 1.62. The van der Waals surface area contributed by atoms with Gasteiger partial charge in [-0.1, -0.05) is 24.4 Å². The van der Waals surface area contributed by atoms with Crippen LogP contribution in [0.15, 0.2) is 22.9 Å². The maximum Gasteiger partial charge on any atom is 0.252 e. The van der Waals surface area contributed by atoms with E-state index >= 15 is 0 Å². The van der Waals surface area contributed by atoms with Crippen LogP contribution in [0.1, 0.15) is 65.4 Å². The maximum absolute atomic E-state index is 11.8. The molecule has 140 valence electrons. The van der Waals surface area contributed by atoms with Gasteiger partial charge in [-0.2, -0.15) is 0 Å². The first kappa shape index (κ1) is 18.4. The highest BCUT2D eigenvalue weighted by Gasteiger charge is 2.24. The van der Waals surface area contributed by atoms with Crippen LogP contribution in [0.25, 0.3) is 0 Å². The number of nitrogens with zero attached hydrogens (tertiary/aromatic N) is 2. The van der Waals surface area contributed by atoms with Gasteiger partial charge < -0.3 is 19.7 Å². The van der Waals surface area contributed by atoms with E-state index in [1.807, 2.05) is 6.92 Å². The fraction of sp³-hybridized carbons (Fsp3) is 0.526. The summed E-state index contributed by atoms with van der Waals surface area (Å²) in [5.74, 6) is 1.40. The maximum atomic E-state index is 11.8. The second-order valence-electron chi connectivity index (χ2n) is 6.59. The number of aliphatic hydroxyl groups is 1. The molecule has 3 rings (SSSR count). The highest BCUT2D eigenvalue weighted by Crippen LogP contribution is 2.35. The molecule has 2 aromatic rings. The van der Waals surface area contributed by atoms with E-state index in [1.54, 1.807) is 12.1 Å².